The number of anilines is 1. The van der Waals surface area contributed by atoms with Gasteiger partial charge in [0.15, 0.2) is 0 Å². The lowest BCUT2D eigenvalue weighted by Gasteiger charge is -2.12. The van der Waals surface area contributed by atoms with Crippen LogP contribution in [0.25, 0.3) is 0 Å². The molecule has 0 aliphatic heterocycles. The fourth-order valence-electron chi connectivity index (χ4n) is 2.03. The Kier molecular flexibility index (Phi) is 2.95. The largest absolute Gasteiger partial charge is 0.465 e. The van der Waals surface area contributed by atoms with E-state index in [1.165, 1.54) is 7.11 Å². The minimum absolute atomic E-state index is 0.316. The molecule has 0 saturated carbocycles. The van der Waals surface area contributed by atoms with Gasteiger partial charge in [0.05, 0.1) is 12.7 Å². The second-order valence-corrected chi connectivity index (χ2v) is 3.95. The van der Waals surface area contributed by atoms with Crippen LogP contribution in [0.15, 0.2) is 30.4 Å². The van der Waals surface area contributed by atoms with Crippen molar-refractivity contribution in [3.8, 4) is 0 Å². The van der Waals surface area contributed by atoms with Crippen LogP contribution in [0.3, 0.4) is 0 Å². The predicted molar refractivity (Wildman–Crippen MR) is 63.3 cm³/mol. The molecule has 2 rings (SSSR count). The van der Waals surface area contributed by atoms with E-state index < -0.39 is 0 Å². The summed E-state index contributed by atoms with van der Waals surface area (Å²) in [7, 11) is 1.38. The Balaban J connectivity index is 2.36. The highest BCUT2D eigenvalue weighted by molar-refractivity contribution is 5.90. The molecule has 0 fully saturated rings. The average Bonchev–Trinajstić information content (AvgIpc) is 2.82. The van der Waals surface area contributed by atoms with Crippen molar-refractivity contribution in [2.45, 2.75) is 18.8 Å². The number of benzene rings is 1. The van der Waals surface area contributed by atoms with E-state index in [-0.39, 0.29) is 5.97 Å². The van der Waals surface area contributed by atoms with E-state index >= 15 is 0 Å². The van der Waals surface area contributed by atoms with E-state index in [0.29, 0.717) is 11.5 Å². The van der Waals surface area contributed by atoms with E-state index in [2.05, 4.69) is 12.2 Å². The van der Waals surface area contributed by atoms with Crippen molar-refractivity contribution >= 4 is 11.7 Å². The first-order valence-electron chi connectivity index (χ1n) is 5.37. The van der Waals surface area contributed by atoms with Crippen LogP contribution in [0.4, 0.5) is 5.69 Å². The van der Waals surface area contributed by atoms with Gasteiger partial charge >= 0.3 is 5.97 Å². The number of esters is 1. The molecule has 84 valence electrons. The van der Waals surface area contributed by atoms with Gasteiger partial charge in [-0.3, -0.25) is 0 Å². The molecule has 0 spiro atoms. The lowest BCUT2D eigenvalue weighted by atomic mass is 9.95. The molecule has 16 heavy (non-hydrogen) atoms. The van der Waals surface area contributed by atoms with Crippen molar-refractivity contribution in [1.29, 1.82) is 0 Å². The molecule has 0 saturated heterocycles. The molecule has 1 atom stereocenters. The Morgan fingerprint density at radius 3 is 2.94 bits per heavy atom. The van der Waals surface area contributed by atoms with Crippen LogP contribution in [-0.2, 0) is 4.74 Å². The van der Waals surface area contributed by atoms with E-state index in [9.17, 15) is 4.79 Å². The Morgan fingerprint density at radius 1 is 1.50 bits per heavy atom. The van der Waals surface area contributed by atoms with Crippen LogP contribution in [-0.4, -0.2) is 13.1 Å². The van der Waals surface area contributed by atoms with Gasteiger partial charge in [0.25, 0.3) is 0 Å². The molecule has 1 aliphatic carbocycles. The molecule has 0 amide bonds. The van der Waals surface area contributed by atoms with Gasteiger partial charge < -0.3 is 10.5 Å². The maximum atomic E-state index is 11.4. The molecule has 1 unspecified atom stereocenters. The zero-order valence-corrected chi connectivity index (χ0v) is 9.27. The second kappa shape index (κ2) is 4.39. The number of ether oxygens (including phenoxy) is 1. The number of carbonyl (C=O) groups is 1. The number of methoxy groups -OCH3 is 1. The highest BCUT2D eigenvalue weighted by Gasteiger charge is 2.16. The Labute approximate surface area is 94.9 Å². The number of nitrogens with two attached hydrogens (primary N) is 1. The first-order valence-corrected chi connectivity index (χ1v) is 5.37. The van der Waals surface area contributed by atoms with E-state index in [1.807, 2.05) is 6.07 Å². The number of rotatable bonds is 2. The fourth-order valence-corrected chi connectivity index (χ4v) is 2.03. The number of hydrogen-bond donors (Lipinski definition) is 1. The first-order chi connectivity index (χ1) is 7.72. The first kappa shape index (κ1) is 10.7. The maximum Gasteiger partial charge on any atom is 0.337 e. The highest BCUT2D eigenvalue weighted by atomic mass is 16.5. The third-order valence-electron chi connectivity index (χ3n) is 2.92. The number of hydrogen-bond acceptors (Lipinski definition) is 3. The molecular weight excluding hydrogens is 202 g/mol. The fraction of sp³-hybridized carbons (Fsp3) is 0.308. The van der Waals surface area contributed by atoms with Gasteiger partial charge in [-0.15, -0.1) is 0 Å². The van der Waals surface area contributed by atoms with Crippen molar-refractivity contribution in [3.63, 3.8) is 0 Å². The minimum atomic E-state index is -0.316. The van der Waals surface area contributed by atoms with Crippen LogP contribution in [0, 0.1) is 0 Å². The Bertz CT molecular complexity index is 438. The topological polar surface area (TPSA) is 52.3 Å². The van der Waals surface area contributed by atoms with Crippen molar-refractivity contribution < 1.29 is 9.53 Å². The number of allylic oxidation sites excluding steroid dienone is 2. The quantitative estimate of drug-likeness (QED) is 0.470. The van der Waals surface area contributed by atoms with Gasteiger partial charge in [-0.25, -0.2) is 4.79 Å². The zero-order valence-electron chi connectivity index (χ0n) is 9.27. The van der Waals surface area contributed by atoms with Crippen molar-refractivity contribution in [2.75, 3.05) is 12.8 Å². The summed E-state index contributed by atoms with van der Waals surface area (Å²) in [5.74, 6) is 0.0211. The van der Waals surface area contributed by atoms with Crippen LogP contribution in [0.2, 0.25) is 0 Å². The molecule has 1 aliphatic rings. The van der Waals surface area contributed by atoms with Crippen LogP contribution < -0.4 is 5.73 Å². The lowest BCUT2D eigenvalue weighted by molar-refractivity contribution is 0.0600. The van der Waals surface area contributed by atoms with Crippen molar-refractivity contribution in [3.05, 3.63) is 41.5 Å². The van der Waals surface area contributed by atoms with Gasteiger partial charge in [-0.2, -0.15) is 0 Å². The van der Waals surface area contributed by atoms with Crippen LogP contribution in [0.5, 0.6) is 0 Å². The monoisotopic (exact) mass is 217 g/mol. The number of nitrogen functional groups attached to an aromatic ring is 1. The molecule has 3 nitrogen and oxygen atoms in total. The normalized spacial score (nSPS) is 18.7. The average molecular weight is 217 g/mol. The molecule has 0 aromatic heterocycles. The third kappa shape index (κ3) is 1.94. The second-order valence-electron chi connectivity index (χ2n) is 3.95. The molecule has 1 aromatic rings. The standard InChI is InChI=1S/C13H15NO2/c1-16-13(15)10-6-7-12(14)11(8-10)9-4-2-3-5-9/h2,4,6-9H,3,5,14H2,1H3. The molecule has 0 heterocycles. The zero-order chi connectivity index (χ0) is 11.5. The highest BCUT2D eigenvalue weighted by Crippen LogP contribution is 2.32. The van der Waals surface area contributed by atoms with Gasteiger partial charge in [0.1, 0.15) is 0 Å². The summed E-state index contributed by atoms with van der Waals surface area (Å²) < 4.78 is 4.70. The smallest absolute Gasteiger partial charge is 0.337 e. The summed E-state index contributed by atoms with van der Waals surface area (Å²) in [6, 6.07) is 5.30. The molecule has 1 aromatic carbocycles. The van der Waals surface area contributed by atoms with E-state index in [4.69, 9.17) is 10.5 Å². The summed E-state index contributed by atoms with van der Waals surface area (Å²) in [5, 5.41) is 0. The van der Waals surface area contributed by atoms with E-state index in [1.54, 1.807) is 12.1 Å². The summed E-state index contributed by atoms with van der Waals surface area (Å²) in [6.07, 6.45) is 6.43. The molecule has 0 bridgehead atoms. The minimum Gasteiger partial charge on any atom is -0.465 e. The SMILES string of the molecule is COC(=O)c1ccc(N)c(C2C=CCC2)c1. The maximum absolute atomic E-state index is 11.4. The molecule has 0 radical (unpaired) electrons. The lowest BCUT2D eigenvalue weighted by Crippen LogP contribution is -2.05. The summed E-state index contributed by atoms with van der Waals surface area (Å²) >= 11 is 0. The summed E-state index contributed by atoms with van der Waals surface area (Å²) in [6.45, 7) is 0. The van der Waals surface area contributed by atoms with Gasteiger partial charge in [-0.1, -0.05) is 12.2 Å². The Hall–Kier alpha value is -1.77. The van der Waals surface area contributed by atoms with Crippen LogP contribution >= 0.6 is 0 Å². The summed E-state index contributed by atoms with van der Waals surface area (Å²) in [5.41, 5.74) is 8.25. The van der Waals surface area contributed by atoms with Gasteiger partial charge in [0.2, 0.25) is 0 Å². The predicted octanol–water partition coefficient (Wildman–Crippen LogP) is 2.49. The molecule has 2 N–H and O–H groups in total. The summed E-state index contributed by atoms with van der Waals surface area (Å²) in [4.78, 5) is 11.4. The van der Waals surface area contributed by atoms with Crippen molar-refractivity contribution in [1.82, 2.24) is 0 Å². The Morgan fingerprint density at radius 2 is 2.31 bits per heavy atom. The molecule has 3 heteroatoms. The number of carbonyl (C=O) groups excluding carboxylic acids is 1. The van der Waals surface area contributed by atoms with Gasteiger partial charge in [0, 0.05) is 11.6 Å². The molecular formula is C13H15NO2. The van der Waals surface area contributed by atoms with E-state index in [0.717, 1.165) is 24.1 Å². The van der Waals surface area contributed by atoms with Gasteiger partial charge in [-0.05, 0) is 36.6 Å². The van der Waals surface area contributed by atoms with Crippen molar-refractivity contribution in [2.24, 2.45) is 0 Å². The van der Waals surface area contributed by atoms with Crippen LogP contribution in [0.1, 0.15) is 34.7 Å². The third-order valence-corrected chi connectivity index (χ3v) is 2.92.